The first-order valence-electron chi connectivity index (χ1n) is 6.47. The van der Waals surface area contributed by atoms with Crippen molar-refractivity contribution in [2.75, 3.05) is 0 Å². The van der Waals surface area contributed by atoms with Crippen molar-refractivity contribution in [2.24, 2.45) is 0 Å². The number of aromatic nitrogens is 2. The summed E-state index contributed by atoms with van der Waals surface area (Å²) in [6.07, 6.45) is 1.73. The summed E-state index contributed by atoms with van der Waals surface area (Å²) in [5, 5.41) is 1.09. The fraction of sp³-hybridized carbons (Fsp3) is 0.333. The molecule has 0 aliphatic carbocycles. The molecule has 0 radical (unpaired) electrons. The Morgan fingerprint density at radius 3 is 2.30 bits per heavy atom. The minimum absolute atomic E-state index is 0.391. The van der Waals surface area contributed by atoms with Gasteiger partial charge in [0.05, 0.1) is 0 Å². The maximum atomic E-state index is 6.01. The molecule has 106 valence electrons. The lowest BCUT2D eigenvalue weighted by atomic mass is 10.1. The van der Waals surface area contributed by atoms with Gasteiger partial charge in [-0.25, -0.2) is 4.98 Å². The van der Waals surface area contributed by atoms with Gasteiger partial charge in [0.15, 0.2) is 0 Å². The van der Waals surface area contributed by atoms with Crippen LogP contribution in [0.5, 0.6) is 11.6 Å². The second-order valence-corrected chi connectivity index (χ2v) is 5.49. The summed E-state index contributed by atoms with van der Waals surface area (Å²) >= 11 is 12.0. The van der Waals surface area contributed by atoms with Crippen molar-refractivity contribution < 1.29 is 4.74 Å². The third-order valence-electron chi connectivity index (χ3n) is 2.82. The van der Waals surface area contributed by atoms with Crippen LogP contribution in [0.4, 0.5) is 0 Å². The Labute approximate surface area is 128 Å². The molecule has 0 aliphatic heterocycles. The molecule has 0 fully saturated rings. The molecule has 0 bridgehead atoms. The van der Waals surface area contributed by atoms with E-state index in [0.717, 1.165) is 29.7 Å². The van der Waals surface area contributed by atoms with Gasteiger partial charge in [0.2, 0.25) is 5.88 Å². The van der Waals surface area contributed by atoms with Gasteiger partial charge in [0.1, 0.15) is 16.7 Å². The van der Waals surface area contributed by atoms with E-state index in [1.807, 2.05) is 26.0 Å². The number of halogens is 2. The van der Waals surface area contributed by atoms with Gasteiger partial charge < -0.3 is 4.74 Å². The van der Waals surface area contributed by atoms with Crippen LogP contribution in [0.1, 0.15) is 30.3 Å². The Morgan fingerprint density at radius 1 is 1.05 bits per heavy atom. The molecule has 1 aromatic carbocycles. The van der Waals surface area contributed by atoms with Crippen LogP contribution in [-0.4, -0.2) is 9.97 Å². The number of aryl methyl sites for hydroxylation is 3. The number of rotatable bonds is 4. The summed E-state index contributed by atoms with van der Waals surface area (Å²) in [5.41, 5.74) is 1.92. The largest absolute Gasteiger partial charge is 0.438 e. The molecule has 0 aliphatic rings. The number of hydrogen-bond acceptors (Lipinski definition) is 3. The van der Waals surface area contributed by atoms with Gasteiger partial charge in [0.25, 0.3) is 0 Å². The zero-order valence-corrected chi connectivity index (χ0v) is 13.2. The SMILES string of the molecule is CCCc1nc(Cl)cc(Oc2c(C)cc(Cl)cc2C)n1. The molecule has 0 amide bonds. The van der Waals surface area contributed by atoms with E-state index in [4.69, 9.17) is 27.9 Å². The molecule has 0 unspecified atom stereocenters. The molecule has 0 saturated carbocycles. The third-order valence-corrected chi connectivity index (χ3v) is 3.23. The maximum Gasteiger partial charge on any atom is 0.224 e. The standard InChI is InChI=1S/C15H16Cl2N2O/c1-4-5-13-18-12(17)8-14(19-13)20-15-9(2)6-11(16)7-10(15)3/h6-8H,4-5H2,1-3H3. The van der Waals surface area contributed by atoms with Crippen LogP contribution in [0.3, 0.4) is 0 Å². The Kier molecular flexibility index (Phi) is 4.84. The summed E-state index contributed by atoms with van der Waals surface area (Å²) in [6.45, 7) is 5.96. The van der Waals surface area contributed by atoms with Gasteiger partial charge in [-0.2, -0.15) is 4.98 Å². The van der Waals surface area contributed by atoms with E-state index < -0.39 is 0 Å². The molecule has 2 aromatic rings. The van der Waals surface area contributed by atoms with Crippen molar-refractivity contribution in [3.8, 4) is 11.6 Å². The second-order valence-electron chi connectivity index (χ2n) is 4.67. The lowest BCUT2D eigenvalue weighted by Gasteiger charge is -2.12. The lowest BCUT2D eigenvalue weighted by molar-refractivity contribution is 0.451. The molecule has 0 atom stereocenters. The Balaban J connectivity index is 2.35. The molecule has 3 nitrogen and oxygen atoms in total. The quantitative estimate of drug-likeness (QED) is 0.733. The summed E-state index contributed by atoms with van der Waals surface area (Å²) in [7, 11) is 0. The van der Waals surface area contributed by atoms with Gasteiger partial charge in [-0.1, -0.05) is 30.1 Å². The molecular weight excluding hydrogens is 295 g/mol. The van der Waals surface area contributed by atoms with E-state index in [1.54, 1.807) is 6.07 Å². The molecule has 20 heavy (non-hydrogen) atoms. The first-order chi connectivity index (χ1) is 9.49. The van der Waals surface area contributed by atoms with Crippen molar-refractivity contribution in [1.29, 1.82) is 0 Å². The van der Waals surface area contributed by atoms with E-state index in [1.165, 1.54) is 0 Å². The molecule has 2 rings (SSSR count). The minimum Gasteiger partial charge on any atom is -0.438 e. The topological polar surface area (TPSA) is 35.0 Å². The Morgan fingerprint density at radius 2 is 1.70 bits per heavy atom. The number of hydrogen-bond donors (Lipinski definition) is 0. The Hall–Kier alpha value is -1.32. The monoisotopic (exact) mass is 310 g/mol. The summed E-state index contributed by atoms with van der Waals surface area (Å²) in [6, 6.07) is 5.34. The molecule has 0 N–H and O–H groups in total. The molecule has 5 heteroatoms. The fourth-order valence-electron chi connectivity index (χ4n) is 1.99. The molecular formula is C15H16Cl2N2O. The highest BCUT2D eigenvalue weighted by molar-refractivity contribution is 6.30. The zero-order chi connectivity index (χ0) is 14.7. The van der Waals surface area contributed by atoms with Crippen molar-refractivity contribution in [3.05, 3.63) is 45.3 Å². The van der Waals surface area contributed by atoms with Gasteiger partial charge in [-0.05, 0) is 43.5 Å². The van der Waals surface area contributed by atoms with Crippen LogP contribution in [-0.2, 0) is 6.42 Å². The number of benzene rings is 1. The normalized spacial score (nSPS) is 10.7. The van der Waals surface area contributed by atoms with Crippen molar-refractivity contribution >= 4 is 23.2 Å². The lowest BCUT2D eigenvalue weighted by Crippen LogP contribution is -1.99. The van der Waals surface area contributed by atoms with Crippen molar-refractivity contribution in [1.82, 2.24) is 9.97 Å². The van der Waals surface area contributed by atoms with Crippen LogP contribution in [0, 0.1) is 13.8 Å². The smallest absolute Gasteiger partial charge is 0.224 e. The van der Waals surface area contributed by atoms with Crippen LogP contribution >= 0.6 is 23.2 Å². The van der Waals surface area contributed by atoms with Crippen LogP contribution in [0.15, 0.2) is 18.2 Å². The molecule has 0 saturated heterocycles. The predicted molar refractivity (Wildman–Crippen MR) is 82.0 cm³/mol. The first kappa shape index (κ1) is 15.1. The second kappa shape index (κ2) is 6.42. The van der Waals surface area contributed by atoms with E-state index in [2.05, 4.69) is 16.9 Å². The van der Waals surface area contributed by atoms with E-state index in [9.17, 15) is 0 Å². The predicted octanol–water partition coefficient (Wildman–Crippen LogP) is 5.15. The number of nitrogens with zero attached hydrogens (tertiary/aromatic N) is 2. The van der Waals surface area contributed by atoms with Crippen LogP contribution < -0.4 is 4.74 Å². The minimum atomic E-state index is 0.391. The van der Waals surface area contributed by atoms with Crippen LogP contribution in [0.25, 0.3) is 0 Å². The molecule has 0 spiro atoms. The van der Waals surface area contributed by atoms with Crippen LogP contribution in [0.2, 0.25) is 10.2 Å². The maximum absolute atomic E-state index is 6.01. The van der Waals surface area contributed by atoms with E-state index in [0.29, 0.717) is 21.9 Å². The fourth-order valence-corrected chi connectivity index (χ4v) is 2.51. The van der Waals surface area contributed by atoms with E-state index >= 15 is 0 Å². The summed E-state index contributed by atoms with van der Waals surface area (Å²) in [5.74, 6) is 1.91. The third kappa shape index (κ3) is 3.62. The van der Waals surface area contributed by atoms with Gasteiger partial charge in [0, 0.05) is 17.5 Å². The number of ether oxygens (including phenoxy) is 1. The average molecular weight is 311 g/mol. The zero-order valence-electron chi connectivity index (χ0n) is 11.7. The van der Waals surface area contributed by atoms with E-state index in [-0.39, 0.29) is 0 Å². The average Bonchev–Trinajstić information content (AvgIpc) is 2.33. The molecule has 1 heterocycles. The Bertz CT molecular complexity index is 606. The van der Waals surface area contributed by atoms with Crippen molar-refractivity contribution in [3.63, 3.8) is 0 Å². The highest BCUT2D eigenvalue weighted by Gasteiger charge is 2.10. The summed E-state index contributed by atoms with van der Waals surface area (Å²) < 4.78 is 5.87. The highest BCUT2D eigenvalue weighted by Crippen LogP contribution is 2.31. The van der Waals surface area contributed by atoms with Gasteiger partial charge >= 0.3 is 0 Å². The van der Waals surface area contributed by atoms with Gasteiger partial charge in [-0.15, -0.1) is 0 Å². The summed E-state index contributed by atoms with van der Waals surface area (Å²) in [4.78, 5) is 8.55. The molecule has 1 aromatic heterocycles. The highest BCUT2D eigenvalue weighted by atomic mass is 35.5. The first-order valence-corrected chi connectivity index (χ1v) is 7.23. The van der Waals surface area contributed by atoms with Crippen molar-refractivity contribution in [2.45, 2.75) is 33.6 Å². The van der Waals surface area contributed by atoms with Gasteiger partial charge in [-0.3, -0.25) is 0 Å².